The van der Waals surface area contributed by atoms with Gasteiger partial charge in [-0.2, -0.15) is 5.26 Å². The average molecular weight is 514 g/mol. The van der Waals surface area contributed by atoms with Crippen LogP contribution in [0.5, 0.6) is 0 Å². The number of nitriles is 1. The molecule has 4 rings (SSSR count). The molecule has 5 nitrogen and oxygen atoms in total. The fourth-order valence-electron chi connectivity index (χ4n) is 3.46. The summed E-state index contributed by atoms with van der Waals surface area (Å²) in [4.78, 5) is 4.73. The number of hydrogen-bond acceptors (Lipinski definition) is 5. The number of benzene rings is 2. The summed E-state index contributed by atoms with van der Waals surface area (Å²) in [5, 5.41) is 13.1. The lowest BCUT2D eigenvalue weighted by molar-refractivity contribution is 0.376. The number of nitrogens with zero attached hydrogens (tertiary/aromatic N) is 3. The summed E-state index contributed by atoms with van der Waals surface area (Å²) >= 11 is 2.13. The fraction of sp³-hybridized carbons (Fsp3) is 0.182. The highest BCUT2D eigenvalue weighted by atomic mass is 127. The van der Waals surface area contributed by atoms with Crippen LogP contribution in [0.25, 0.3) is 27.9 Å². The molecular weight excluding hydrogens is 495 g/mol. The van der Waals surface area contributed by atoms with Crippen LogP contribution in [-0.2, 0) is 4.18 Å². The first-order valence-electron chi connectivity index (χ1n) is 9.28. The number of aromatic nitrogens is 2. The molecule has 0 aliphatic rings. The zero-order valence-electron chi connectivity index (χ0n) is 15.9. The molecule has 7 heteroatoms. The van der Waals surface area contributed by atoms with E-state index in [1.165, 1.54) is 9.21 Å². The predicted octanol–water partition coefficient (Wildman–Crippen LogP) is 6.15. The molecule has 0 saturated heterocycles. The molecule has 0 amide bonds. The van der Waals surface area contributed by atoms with Crippen LogP contribution in [0.1, 0.15) is 17.5 Å². The van der Waals surface area contributed by atoms with Crippen LogP contribution in [0.15, 0.2) is 54.6 Å². The van der Waals surface area contributed by atoms with Crippen molar-refractivity contribution >= 4 is 52.8 Å². The molecule has 0 bridgehead atoms. The summed E-state index contributed by atoms with van der Waals surface area (Å²) in [6, 6.07) is 20.8. The molecule has 4 aromatic rings. The highest BCUT2D eigenvalue weighted by molar-refractivity contribution is 14.2. The van der Waals surface area contributed by atoms with Gasteiger partial charge in [0.15, 0.2) is 5.65 Å². The summed E-state index contributed by atoms with van der Waals surface area (Å²) in [7, 11) is 1.37. The third kappa shape index (κ3) is 4.06. The highest BCUT2D eigenvalue weighted by Crippen LogP contribution is 2.30. The number of hydrogen-bond donors (Lipinski definition) is 1. The Morgan fingerprint density at radius 1 is 1.21 bits per heavy atom. The minimum Gasteiger partial charge on any atom is -0.385 e. The maximum atomic E-state index is 9.65. The van der Waals surface area contributed by atoms with Gasteiger partial charge in [-0.1, -0.05) is 24.3 Å². The molecule has 0 saturated carbocycles. The first-order valence-corrected chi connectivity index (χ1v) is 12.6. The van der Waals surface area contributed by atoms with Crippen molar-refractivity contribution in [3.8, 4) is 17.3 Å². The first-order chi connectivity index (χ1) is 14.2. The SMILES string of the molecule is Cc1cc(-c2ccc(NCCCOSI)cc2)n2c(nc3ccccc32)c1C#N. The van der Waals surface area contributed by atoms with E-state index in [4.69, 9.17) is 9.17 Å². The molecule has 2 aromatic carbocycles. The van der Waals surface area contributed by atoms with E-state index in [-0.39, 0.29) is 0 Å². The number of pyridine rings is 1. The number of para-hydroxylation sites is 2. The van der Waals surface area contributed by atoms with Crippen LogP contribution in [0.3, 0.4) is 0 Å². The van der Waals surface area contributed by atoms with Crippen molar-refractivity contribution in [2.45, 2.75) is 13.3 Å². The van der Waals surface area contributed by atoms with Crippen molar-refractivity contribution in [3.05, 3.63) is 65.7 Å². The van der Waals surface area contributed by atoms with Gasteiger partial charge in [0.2, 0.25) is 0 Å². The first kappa shape index (κ1) is 20.0. The van der Waals surface area contributed by atoms with Gasteiger partial charge >= 0.3 is 0 Å². The molecule has 2 aromatic heterocycles. The van der Waals surface area contributed by atoms with Gasteiger partial charge in [-0.3, -0.25) is 4.40 Å². The van der Waals surface area contributed by atoms with Gasteiger partial charge in [0, 0.05) is 33.4 Å². The third-order valence-electron chi connectivity index (χ3n) is 4.84. The summed E-state index contributed by atoms with van der Waals surface area (Å²) in [6.45, 7) is 3.56. The highest BCUT2D eigenvalue weighted by Gasteiger charge is 2.15. The van der Waals surface area contributed by atoms with Gasteiger partial charge < -0.3 is 9.50 Å². The summed E-state index contributed by atoms with van der Waals surface area (Å²) < 4.78 is 7.36. The molecule has 0 spiro atoms. The monoisotopic (exact) mass is 514 g/mol. The summed E-state index contributed by atoms with van der Waals surface area (Å²) in [5.41, 5.74) is 7.35. The Bertz CT molecular complexity index is 1200. The molecule has 1 N–H and O–H groups in total. The van der Waals surface area contributed by atoms with Crippen molar-refractivity contribution in [2.24, 2.45) is 0 Å². The molecule has 0 atom stereocenters. The molecular formula is C22H19IN4OS. The number of fused-ring (bicyclic) bond motifs is 3. The summed E-state index contributed by atoms with van der Waals surface area (Å²) in [5.74, 6) is 0. The zero-order valence-corrected chi connectivity index (χ0v) is 18.8. The van der Waals surface area contributed by atoms with Gasteiger partial charge in [-0.05, 0) is 54.8 Å². The van der Waals surface area contributed by atoms with E-state index in [0.29, 0.717) is 11.2 Å². The van der Waals surface area contributed by atoms with E-state index in [9.17, 15) is 5.26 Å². The Labute approximate surface area is 185 Å². The number of anilines is 1. The van der Waals surface area contributed by atoms with Crippen molar-refractivity contribution in [2.75, 3.05) is 18.5 Å². The van der Waals surface area contributed by atoms with E-state index in [1.54, 1.807) is 0 Å². The second-order valence-corrected chi connectivity index (χ2v) is 8.14. The van der Waals surface area contributed by atoms with Crippen LogP contribution >= 0.6 is 30.4 Å². The van der Waals surface area contributed by atoms with E-state index < -0.39 is 0 Å². The molecule has 0 radical (unpaired) electrons. The number of imidazole rings is 1. The van der Waals surface area contributed by atoms with Gasteiger partial charge in [0.1, 0.15) is 6.07 Å². The van der Waals surface area contributed by atoms with Crippen molar-refractivity contribution in [3.63, 3.8) is 0 Å². The molecule has 2 heterocycles. The molecule has 29 heavy (non-hydrogen) atoms. The fourth-order valence-corrected chi connectivity index (χ4v) is 4.18. The molecule has 0 aliphatic carbocycles. The van der Waals surface area contributed by atoms with E-state index in [2.05, 4.69) is 67.3 Å². The maximum absolute atomic E-state index is 9.65. The quantitative estimate of drug-likeness (QED) is 0.182. The number of nitrogens with one attached hydrogen (secondary N) is 1. The predicted molar refractivity (Wildman–Crippen MR) is 128 cm³/mol. The standard InChI is InChI=1S/C22H19IN4OS/c1-15-13-21(16-7-9-17(10-8-16)25-11-4-12-28-29-23)27-20-6-3-2-5-19(20)26-22(27)18(15)14-24/h2-3,5-10,13,25H,4,11-12H2,1H3. The van der Waals surface area contributed by atoms with Gasteiger partial charge in [-0.25, -0.2) is 4.98 Å². The Morgan fingerprint density at radius 2 is 2.00 bits per heavy atom. The van der Waals surface area contributed by atoms with Crippen molar-refractivity contribution < 1.29 is 4.18 Å². The molecule has 0 fully saturated rings. The lowest BCUT2D eigenvalue weighted by atomic mass is 10.1. The minimum absolute atomic E-state index is 0.620. The molecule has 146 valence electrons. The smallest absolute Gasteiger partial charge is 0.156 e. The largest absolute Gasteiger partial charge is 0.385 e. The van der Waals surface area contributed by atoms with Crippen LogP contribution in [0.2, 0.25) is 0 Å². The van der Waals surface area contributed by atoms with Gasteiger partial charge in [0.25, 0.3) is 0 Å². The summed E-state index contributed by atoms with van der Waals surface area (Å²) in [6.07, 6.45) is 0.953. The lowest BCUT2D eigenvalue weighted by Gasteiger charge is -2.12. The normalized spacial score (nSPS) is 11.1. The van der Waals surface area contributed by atoms with E-state index in [1.807, 2.05) is 31.2 Å². The number of aryl methyl sites for hydroxylation is 1. The minimum atomic E-state index is 0.620. The maximum Gasteiger partial charge on any atom is 0.156 e. The second-order valence-electron chi connectivity index (χ2n) is 6.70. The van der Waals surface area contributed by atoms with Gasteiger partial charge in [0.05, 0.1) is 38.1 Å². The van der Waals surface area contributed by atoms with Crippen molar-refractivity contribution in [1.29, 1.82) is 5.26 Å². The van der Waals surface area contributed by atoms with E-state index >= 15 is 0 Å². The van der Waals surface area contributed by atoms with Crippen LogP contribution in [-0.4, -0.2) is 22.5 Å². The number of halogens is 1. The molecule has 0 aliphatic heterocycles. The average Bonchev–Trinajstić information content (AvgIpc) is 3.13. The van der Waals surface area contributed by atoms with Crippen LogP contribution < -0.4 is 5.32 Å². The van der Waals surface area contributed by atoms with Crippen LogP contribution in [0.4, 0.5) is 5.69 Å². The van der Waals surface area contributed by atoms with Crippen LogP contribution in [0, 0.1) is 18.3 Å². The second kappa shape index (κ2) is 9.03. The Morgan fingerprint density at radius 3 is 2.76 bits per heavy atom. The third-order valence-corrected chi connectivity index (χ3v) is 5.86. The number of rotatable bonds is 7. The molecule has 0 unspecified atom stereocenters. The Kier molecular flexibility index (Phi) is 6.23. The van der Waals surface area contributed by atoms with Crippen molar-refractivity contribution in [1.82, 2.24) is 9.38 Å². The Hall–Kier alpha value is -2.28. The van der Waals surface area contributed by atoms with Gasteiger partial charge in [-0.15, -0.1) is 0 Å². The zero-order chi connectivity index (χ0) is 20.2. The van der Waals surface area contributed by atoms with E-state index in [0.717, 1.165) is 53.1 Å². The Balaban J connectivity index is 1.71. The lowest BCUT2D eigenvalue weighted by Crippen LogP contribution is -2.04. The topological polar surface area (TPSA) is 62.4 Å².